The second-order valence-electron chi connectivity index (χ2n) is 5.26. The molecule has 9 heteroatoms. The fourth-order valence-corrected chi connectivity index (χ4v) is 2.87. The molecule has 0 unspecified atom stereocenters. The van der Waals surface area contributed by atoms with Crippen LogP contribution in [0.3, 0.4) is 0 Å². The van der Waals surface area contributed by atoms with E-state index in [9.17, 15) is 15.0 Å². The third-order valence-electron chi connectivity index (χ3n) is 3.88. The van der Waals surface area contributed by atoms with Gasteiger partial charge in [0.1, 0.15) is 18.8 Å². The van der Waals surface area contributed by atoms with Crippen molar-refractivity contribution in [1.29, 1.82) is 0 Å². The highest BCUT2D eigenvalue weighted by atomic mass is 35.5. The molecular weight excluding hydrogens is 316 g/mol. The van der Waals surface area contributed by atoms with Crippen molar-refractivity contribution in [3.8, 4) is 0 Å². The van der Waals surface area contributed by atoms with Crippen LogP contribution in [0, 0.1) is 0 Å². The summed E-state index contributed by atoms with van der Waals surface area (Å²) >= 11 is 0. The predicted molar refractivity (Wildman–Crippen MR) is 80.1 cm³/mol. The van der Waals surface area contributed by atoms with E-state index in [0.717, 1.165) is 0 Å². The molecule has 0 aromatic heterocycles. The molecule has 0 bridgehead atoms. The summed E-state index contributed by atoms with van der Waals surface area (Å²) in [6, 6.07) is -0.256. The van der Waals surface area contributed by atoms with E-state index < -0.39 is 12.2 Å². The van der Waals surface area contributed by atoms with Crippen LogP contribution in [0.1, 0.15) is 0 Å². The van der Waals surface area contributed by atoms with E-state index in [1.165, 1.54) is 7.11 Å². The number of rotatable bonds is 6. The monoisotopic (exact) mass is 340 g/mol. The standard InChI is InChI=1S/C13H24N2O6.ClH/c1-19-8-11(17)14-6-9-12(13(18)10(7-16)21-9)15-2-4-20-5-3-15;/h9-10,12-13,16,18H,2-8H2,1H3,(H,14,17);1H/t9-,10+,12+,13-;/m1./s1. The lowest BCUT2D eigenvalue weighted by Gasteiger charge is -2.36. The molecule has 0 aromatic carbocycles. The van der Waals surface area contributed by atoms with E-state index in [1.807, 2.05) is 0 Å². The molecule has 22 heavy (non-hydrogen) atoms. The third kappa shape index (κ3) is 4.76. The van der Waals surface area contributed by atoms with E-state index in [0.29, 0.717) is 26.3 Å². The number of carbonyl (C=O) groups excluding carboxylic acids is 1. The summed E-state index contributed by atoms with van der Waals surface area (Å²) in [5.41, 5.74) is 0. The second kappa shape index (κ2) is 9.61. The summed E-state index contributed by atoms with van der Waals surface area (Å²) in [6.45, 7) is 2.63. The van der Waals surface area contributed by atoms with Crippen LogP contribution in [0.4, 0.5) is 0 Å². The minimum absolute atomic E-state index is 0. The number of nitrogens with one attached hydrogen (secondary N) is 1. The lowest BCUT2D eigenvalue weighted by molar-refractivity contribution is -0.125. The first-order valence-electron chi connectivity index (χ1n) is 7.19. The molecule has 2 rings (SSSR count). The zero-order valence-electron chi connectivity index (χ0n) is 12.6. The van der Waals surface area contributed by atoms with Gasteiger partial charge in [0.25, 0.3) is 0 Å². The summed E-state index contributed by atoms with van der Waals surface area (Å²) in [5, 5.41) is 22.4. The van der Waals surface area contributed by atoms with Gasteiger partial charge in [0.05, 0.1) is 32.0 Å². The van der Waals surface area contributed by atoms with Crippen LogP contribution < -0.4 is 5.32 Å². The molecule has 2 aliphatic rings. The van der Waals surface area contributed by atoms with Crippen molar-refractivity contribution in [3.05, 3.63) is 0 Å². The minimum Gasteiger partial charge on any atom is -0.394 e. The maximum atomic E-state index is 11.5. The summed E-state index contributed by atoms with van der Waals surface area (Å²) in [7, 11) is 1.45. The zero-order valence-corrected chi connectivity index (χ0v) is 13.5. The van der Waals surface area contributed by atoms with Gasteiger partial charge in [-0.2, -0.15) is 0 Å². The van der Waals surface area contributed by atoms with Gasteiger partial charge in [0.2, 0.25) is 5.91 Å². The van der Waals surface area contributed by atoms with Gasteiger partial charge in [0, 0.05) is 26.7 Å². The van der Waals surface area contributed by atoms with Crippen LogP contribution in [-0.2, 0) is 19.0 Å². The van der Waals surface area contributed by atoms with Crippen molar-refractivity contribution >= 4 is 18.3 Å². The van der Waals surface area contributed by atoms with Crippen LogP contribution in [-0.4, -0.2) is 98.5 Å². The maximum Gasteiger partial charge on any atom is 0.246 e. The number of aliphatic hydroxyl groups excluding tert-OH is 2. The Balaban J connectivity index is 0.00000242. The number of halogens is 1. The molecule has 0 spiro atoms. The second-order valence-corrected chi connectivity index (χ2v) is 5.26. The summed E-state index contributed by atoms with van der Waals surface area (Å²) in [5.74, 6) is -0.233. The lowest BCUT2D eigenvalue weighted by atomic mass is 10.0. The minimum atomic E-state index is -0.780. The molecule has 2 fully saturated rings. The molecule has 3 N–H and O–H groups in total. The number of amides is 1. The SMILES string of the molecule is COCC(=O)NC[C@H]1O[C@@H](CO)[C@@H](O)[C@H]1N1CCOCC1.Cl. The van der Waals surface area contributed by atoms with Gasteiger partial charge in [-0.1, -0.05) is 0 Å². The van der Waals surface area contributed by atoms with Gasteiger partial charge in [-0.3, -0.25) is 9.69 Å². The van der Waals surface area contributed by atoms with Crippen molar-refractivity contribution in [2.24, 2.45) is 0 Å². The van der Waals surface area contributed by atoms with E-state index in [4.69, 9.17) is 14.2 Å². The van der Waals surface area contributed by atoms with Crippen molar-refractivity contribution in [3.63, 3.8) is 0 Å². The van der Waals surface area contributed by atoms with E-state index in [-0.39, 0.29) is 50.2 Å². The molecule has 130 valence electrons. The summed E-state index contributed by atoms with van der Waals surface area (Å²) in [6.07, 6.45) is -1.77. The largest absolute Gasteiger partial charge is 0.394 e. The summed E-state index contributed by atoms with van der Waals surface area (Å²) in [4.78, 5) is 13.6. The fraction of sp³-hybridized carbons (Fsp3) is 0.923. The number of morpholine rings is 1. The first kappa shape index (κ1) is 19.6. The average molecular weight is 341 g/mol. The first-order chi connectivity index (χ1) is 10.2. The Kier molecular flexibility index (Phi) is 8.55. The summed E-state index contributed by atoms with van der Waals surface area (Å²) < 4.78 is 15.7. The smallest absolute Gasteiger partial charge is 0.246 e. The number of hydrogen-bond donors (Lipinski definition) is 3. The van der Waals surface area contributed by atoms with E-state index in [1.54, 1.807) is 0 Å². The average Bonchev–Trinajstić information content (AvgIpc) is 2.82. The van der Waals surface area contributed by atoms with Crippen LogP contribution in [0.5, 0.6) is 0 Å². The highest BCUT2D eigenvalue weighted by molar-refractivity contribution is 5.85. The Morgan fingerprint density at radius 1 is 1.36 bits per heavy atom. The number of ether oxygens (including phenoxy) is 3. The molecule has 0 radical (unpaired) electrons. The van der Waals surface area contributed by atoms with E-state index in [2.05, 4.69) is 10.2 Å². The molecular formula is C13H25ClN2O6. The molecule has 0 aromatic rings. The molecule has 2 aliphatic heterocycles. The van der Waals surface area contributed by atoms with Gasteiger partial charge in [-0.15, -0.1) is 12.4 Å². The Morgan fingerprint density at radius 2 is 2.05 bits per heavy atom. The lowest BCUT2D eigenvalue weighted by Crippen LogP contribution is -2.54. The molecule has 1 amide bonds. The van der Waals surface area contributed by atoms with Gasteiger partial charge in [-0.25, -0.2) is 0 Å². The fourth-order valence-electron chi connectivity index (χ4n) is 2.87. The van der Waals surface area contributed by atoms with Crippen LogP contribution in [0.2, 0.25) is 0 Å². The Bertz CT molecular complexity index is 342. The maximum absolute atomic E-state index is 11.5. The Labute approximate surface area is 136 Å². The van der Waals surface area contributed by atoms with Crippen molar-refractivity contribution in [2.45, 2.75) is 24.4 Å². The molecule has 2 saturated heterocycles. The molecule has 4 atom stereocenters. The van der Waals surface area contributed by atoms with Crippen molar-refractivity contribution < 1.29 is 29.2 Å². The molecule has 0 saturated carbocycles. The van der Waals surface area contributed by atoms with Crippen molar-refractivity contribution in [1.82, 2.24) is 10.2 Å². The van der Waals surface area contributed by atoms with Gasteiger partial charge in [-0.05, 0) is 0 Å². The number of carbonyl (C=O) groups is 1. The van der Waals surface area contributed by atoms with Crippen LogP contribution >= 0.6 is 12.4 Å². The Hall–Kier alpha value is -0.480. The highest BCUT2D eigenvalue weighted by Crippen LogP contribution is 2.26. The third-order valence-corrected chi connectivity index (χ3v) is 3.88. The number of nitrogens with zero attached hydrogens (tertiary/aromatic N) is 1. The topological polar surface area (TPSA) is 100 Å². The first-order valence-corrected chi connectivity index (χ1v) is 7.19. The van der Waals surface area contributed by atoms with Gasteiger partial charge < -0.3 is 29.7 Å². The number of aliphatic hydroxyl groups is 2. The highest BCUT2D eigenvalue weighted by Gasteiger charge is 2.46. The van der Waals surface area contributed by atoms with E-state index >= 15 is 0 Å². The Morgan fingerprint density at radius 3 is 2.64 bits per heavy atom. The number of hydrogen-bond acceptors (Lipinski definition) is 7. The van der Waals surface area contributed by atoms with Crippen LogP contribution in [0.25, 0.3) is 0 Å². The van der Waals surface area contributed by atoms with Crippen LogP contribution in [0.15, 0.2) is 0 Å². The van der Waals surface area contributed by atoms with Gasteiger partial charge >= 0.3 is 0 Å². The quantitative estimate of drug-likeness (QED) is 0.514. The molecule has 0 aliphatic carbocycles. The number of methoxy groups -OCH3 is 1. The predicted octanol–water partition coefficient (Wildman–Crippen LogP) is -2.01. The molecule has 8 nitrogen and oxygen atoms in total. The zero-order chi connectivity index (χ0) is 15.2. The normalized spacial score (nSPS) is 32.5. The van der Waals surface area contributed by atoms with Crippen molar-refractivity contribution in [2.75, 3.05) is 53.2 Å². The van der Waals surface area contributed by atoms with Gasteiger partial charge in [0.15, 0.2) is 0 Å². The molecule has 2 heterocycles.